The SMILES string of the molecule is [2H]C([2H])([2H])c1cc(C(C)(C)C)c(-[n+]2[c-]n(-c3[c-]c(Oc4[c-]c5c(cc4)c4ccccc4n5-c4cc(C(C)(C)C)ccn4)ccc3)c3cc(-c4ccc(C(C)(C)C)cc4)ccc32)c(C(C)(C)C)c1.[Pt]. The predicted octanol–water partition coefficient (Wildman–Crippen LogP) is 14.8. The van der Waals surface area contributed by atoms with E-state index in [2.05, 4.69) is 196 Å². The van der Waals surface area contributed by atoms with E-state index in [0.29, 0.717) is 17.1 Å². The summed E-state index contributed by atoms with van der Waals surface area (Å²) in [4.78, 5) is 4.86. The molecule has 0 unspecified atom stereocenters. The van der Waals surface area contributed by atoms with Gasteiger partial charge in [0.15, 0.2) is 0 Å². The Morgan fingerprint density at radius 1 is 0.585 bits per heavy atom. The zero-order valence-electron chi connectivity index (χ0n) is 42.6. The molecule has 65 heavy (non-hydrogen) atoms. The van der Waals surface area contributed by atoms with Gasteiger partial charge in [0.05, 0.1) is 16.7 Å². The van der Waals surface area contributed by atoms with Crippen LogP contribution < -0.4 is 9.30 Å². The topological polar surface area (TPSA) is 35.9 Å². The smallest absolute Gasteiger partial charge is 0.268 e. The molecule has 334 valence electrons. The number of para-hydroxylation sites is 1. The van der Waals surface area contributed by atoms with Crippen LogP contribution in [0, 0.1) is 25.3 Å². The molecule has 0 radical (unpaired) electrons. The van der Waals surface area contributed by atoms with Crippen LogP contribution in [-0.2, 0) is 42.7 Å². The second-order valence-electron chi connectivity index (χ2n) is 21.3. The molecule has 5 nitrogen and oxygen atoms in total. The number of imidazole rings is 1. The van der Waals surface area contributed by atoms with Crippen molar-refractivity contribution in [2.24, 2.45) is 0 Å². The average molecular weight is 1040 g/mol. The van der Waals surface area contributed by atoms with Crippen molar-refractivity contribution >= 4 is 32.8 Å². The van der Waals surface area contributed by atoms with Crippen molar-refractivity contribution in [2.45, 2.75) is 112 Å². The van der Waals surface area contributed by atoms with Gasteiger partial charge >= 0.3 is 0 Å². The summed E-state index contributed by atoms with van der Waals surface area (Å²) >= 11 is 0. The molecular weight excluding hydrogens is 976 g/mol. The van der Waals surface area contributed by atoms with Crippen molar-refractivity contribution in [3.8, 4) is 39.8 Å². The van der Waals surface area contributed by atoms with Gasteiger partial charge in [-0.05, 0) is 97.2 Å². The zero-order valence-corrected chi connectivity index (χ0v) is 41.9. The fraction of sp³-hybridized carbons (Fsp3) is 0.288. The monoisotopic (exact) mass is 1040 g/mol. The van der Waals surface area contributed by atoms with Crippen LogP contribution in [-0.4, -0.2) is 14.1 Å². The number of aromatic nitrogens is 4. The molecule has 9 rings (SSSR count). The molecular formula is C59H60N4OPt-2. The maximum atomic E-state index is 8.49. The van der Waals surface area contributed by atoms with Crippen LogP contribution in [0.1, 0.15) is 115 Å². The molecule has 0 spiro atoms. The van der Waals surface area contributed by atoms with Gasteiger partial charge in [-0.25, -0.2) is 4.98 Å². The Kier molecular flexibility index (Phi) is 10.7. The molecule has 0 aliphatic heterocycles. The first-order valence-electron chi connectivity index (χ1n) is 23.8. The normalized spacial score (nSPS) is 13.4. The summed E-state index contributed by atoms with van der Waals surface area (Å²) in [6, 6.07) is 48.9. The maximum Gasteiger partial charge on any atom is 0.268 e. The van der Waals surface area contributed by atoms with Crippen molar-refractivity contribution in [2.75, 3.05) is 0 Å². The van der Waals surface area contributed by atoms with Gasteiger partial charge in [-0.2, -0.15) is 18.2 Å². The molecule has 0 fully saturated rings. The number of ether oxygens (including phenoxy) is 1. The number of benzene rings is 6. The maximum absolute atomic E-state index is 8.49. The number of rotatable bonds is 6. The molecule has 3 aromatic heterocycles. The molecule has 0 atom stereocenters. The first-order valence-corrected chi connectivity index (χ1v) is 22.3. The molecule has 0 aliphatic carbocycles. The van der Waals surface area contributed by atoms with Crippen molar-refractivity contribution in [1.82, 2.24) is 14.1 Å². The second kappa shape index (κ2) is 16.6. The molecule has 6 heteroatoms. The molecule has 0 amide bonds. The van der Waals surface area contributed by atoms with Crippen molar-refractivity contribution in [1.29, 1.82) is 0 Å². The zero-order chi connectivity index (χ0) is 48.0. The summed E-state index contributed by atoms with van der Waals surface area (Å²) in [5, 5.41) is 2.17. The minimum atomic E-state index is -2.28. The Labute approximate surface area is 404 Å². The minimum Gasteiger partial charge on any atom is -0.510 e. The standard InChI is InChI=1S/C59H60N4O.Pt/c1-38-31-48(58(8,9)10)55(49(32-38)59(11,12)13)62-37-61(53-33-40(23-28-51(53)62)39-21-24-41(25-22-39)56(2,3)4)43-17-16-18-44(35-43)64-45-26-27-47-46-19-14-15-20-50(46)63(52(47)36-45)54-34-42(29-30-60-54)57(5,6)7;/h14-34H,1-13H3;/q-2;/i1D3;. The molecule has 3 heterocycles. The number of aryl methyl sites for hydroxylation is 1. The molecule has 0 bridgehead atoms. The second-order valence-corrected chi connectivity index (χ2v) is 21.3. The van der Waals surface area contributed by atoms with Crippen molar-refractivity contribution in [3.05, 3.63) is 174 Å². The van der Waals surface area contributed by atoms with Gasteiger partial charge in [0.25, 0.3) is 6.33 Å². The Bertz CT molecular complexity index is 3310. The van der Waals surface area contributed by atoms with Crippen LogP contribution in [0.5, 0.6) is 11.5 Å². The first-order chi connectivity index (χ1) is 31.4. The summed E-state index contributed by atoms with van der Waals surface area (Å²) in [5.41, 5.74) is 11.4. The van der Waals surface area contributed by atoms with Crippen molar-refractivity contribution < 1.29 is 34.5 Å². The molecule has 0 N–H and O–H groups in total. The number of nitrogens with zero attached hydrogens (tertiary/aromatic N) is 4. The van der Waals surface area contributed by atoms with Crippen LogP contribution in [0.3, 0.4) is 0 Å². The first kappa shape index (κ1) is 41.9. The van der Waals surface area contributed by atoms with Crippen LogP contribution in [0.25, 0.3) is 61.2 Å². The van der Waals surface area contributed by atoms with Crippen LogP contribution in [0.2, 0.25) is 0 Å². The molecule has 9 aromatic rings. The minimum absolute atomic E-state index is 0. The average Bonchev–Trinajstić information content (AvgIpc) is 3.80. The van der Waals surface area contributed by atoms with Crippen molar-refractivity contribution in [3.63, 3.8) is 0 Å². The fourth-order valence-electron chi connectivity index (χ4n) is 8.74. The third kappa shape index (κ3) is 8.73. The quantitative estimate of drug-likeness (QED) is 0.123. The number of pyridine rings is 1. The van der Waals surface area contributed by atoms with Gasteiger partial charge in [-0.3, -0.25) is 4.57 Å². The van der Waals surface area contributed by atoms with Crippen LogP contribution >= 0.6 is 0 Å². The van der Waals surface area contributed by atoms with E-state index < -0.39 is 17.7 Å². The largest absolute Gasteiger partial charge is 0.510 e. The van der Waals surface area contributed by atoms with Gasteiger partial charge < -0.3 is 13.9 Å². The van der Waals surface area contributed by atoms with E-state index in [0.717, 1.165) is 72.3 Å². The summed E-state index contributed by atoms with van der Waals surface area (Å²) in [6.45, 7) is 23.9. The van der Waals surface area contributed by atoms with Gasteiger partial charge in [0.2, 0.25) is 0 Å². The Morgan fingerprint density at radius 2 is 1.25 bits per heavy atom. The van der Waals surface area contributed by atoms with Gasteiger partial charge in [-0.1, -0.05) is 161 Å². The molecule has 0 aliphatic rings. The third-order valence-corrected chi connectivity index (χ3v) is 12.3. The Hall–Kier alpha value is -5.77. The molecule has 0 saturated carbocycles. The molecule has 0 saturated heterocycles. The Balaban J connectivity index is 0.00000625. The van der Waals surface area contributed by atoms with Gasteiger partial charge in [0.1, 0.15) is 5.82 Å². The van der Waals surface area contributed by atoms with Gasteiger partial charge in [0, 0.05) is 48.4 Å². The van der Waals surface area contributed by atoms with E-state index in [9.17, 15) is 0 Å². The van der Waals surface area contributed by atoms with Crippen LogP contribution in [0.4, 0.5) is 0 Å². The number of hydrogen-bond donors (Lipinski definition) is 0. The van der Waals surface area contributed by atoms with Gasteiger partial charge in [-0.15, -0.1) is 29.7 Å². The summed E-state index contributed by atoms with van der Waals surface area (Å²) in [5.74, 6) is 1.89. The van der Waals surface area contributed by atoms with Crippen LogP contribution in [0.15, 0.2) is 128 Å². The Morgan fingerprint density at radius 3 is 1.91 bits per heavy atom. The fourth-order valence-corrected chi connectivity index (χ4v) is 8.74. The predicted molar refractivity (Wildman–Crippen MR) is 265 cm³/mol. The molecule has 6 aromatic carbocycles. The summed E-state index contributed by atoms with van der Waals surface area (Å²) in [6.07, 6.45) is 5.66. The summed E-state index contributed by atoms with van der Waals surface area (Å²) in [7, 11) is 0. The summed E-state index contributed by atoms with van der Waals surface area (Å²) < 4.78 is 38.5. The van der Waals surface area contributed by atoms with E-state index in [-0.39, 0.29) is 31.9 Å². The third-order valence-electron chi connectivity index (χ3n) is 12.3. The van der Waals surface area contributed by atoms with E-state index in [1.54, 1.807) is 0 Å². The van der Waals surface area contributed by atoms with E-state index in [4.69, 9.17) is 13.8 Å². The number of fused-ring (bicyclic) bond motifs is 4. The van der Waals surface area contributed by atoms with E-state index in [1.807, 2.05) is 47.2 Å². The van der Waals surface area contributed by atoms with E-state index in [1.165, 1.54) is 11.1 Å². The number of hydrogen-bond acceptors (Lipinski definition) is 2. The van der Waals surface area contributed by atoms with E-state index >= 15 is 0 Å².